The monoisotopic (exact) mass is 449 g/mol. The van der Waals surface area contributed by atoms with Crippen molar-refractivity contribution in [1.29, 1.82) is 0 Å². The Morgan fingerprint density at radius 2 is 1.73 bits per heavy atom. The van der Waals surface area contributed by atoms with Crippen LogP contribution in [0.25, 0.3) is 0 Å². The number of rotatable bonds is 12. The van der Waals surface area contributed by atoms with E-state index in [2.05, 4.69) is 0 Å². The molecule has 3 rings (SSSR count). The number of carbonyl (C=O) groups is 3. The molecule has 2 aromatic rings. The van der Waals surface area contributed by atoms with Gasteiger partial charge in [0.15, 0.2) is 5.78 Å². The Bertz CT molecular complexity index is 985. The number of carboxylic acids is 1. The van der Waals surface area contributed by atoms with Gasteiger partial charge in [-0.25, -0.2) is 0 Å². The van der Waals surface area contributed by atoms with Crippen LogP contribution in [-0.4, -0.2) is 45.4 Å². The molecule has 1 heterocycles. The van der Waals surface area contributed by atoms with Crippen LogP contribution in [0.5, 0.6) is 0 Å². The van der Waals surface area contributed by atoms with Gasteiger partial charge in [-0.05, 0) is 30.9 Å². The highest BCUT2D eigenvalue weighted by atomic mass is 16.4. The summed E-state index contributed by atoms with van der Waals surface area (Å²) in [6.07, 6.45) is 7.31. The molecule has 1 aliphatic heterocycles. The van der Waals surface area contributed by atoms with Crippen molar-refractivity contribution in [3.8, 4) is 0 Å². The fraction of sp³-hybridized carbons (Fsp3) is 0.370. The van der Waals surface area contributed by atoms with Crippen LogP contribution >= 0.6 is 0 Å². The number of aliphatic carboxylic acids is 1. The Morgan fingerprint density at radius 3 is 2.48 bits per heavy atom. The van der Waals surface area contributed by atoms with Gasteiger partial charge in [-0.3, -0.25) is 14.4 Å². The van der Waals surface area contributed by atoms with Gasteiger partial charge < -0.3 is 15.1 Å². The number of ketones is 1. The number of carboxylic acid groups (broad SMARTS) is 1. The number of benzene rings is 2. The van der Waals surface area contributed by atoms with Crippen LogP contribution in [0.4, 0.5) is 0 Å². The van der Waals surface area contributed by atoms with Crippen molar-refractivity contribution in [2.24, 2.45) is 0 Å². The molecule has 2 N–H and O–H groups in total. The summed E-state index contributed by atoms with van der Waals surface area (Å²) in [6.45, 7) is 0.637. The zero-order chi connectivity index (χ0) is 23.6. The minimum absolute atomic E-state index is 0.0553. The quantitative estimate of drug-likeness (QED) is 0.282. The van der Waals surface area contributed by atoms with Crippen molar-refractivity contribution in [2.45, 2.75) is 57.1 Å². The second-order valence-electron chi connectivity index (χ2n) is 8.40. The lowest BCUT2D eigenvalue weighted by atomic mass is 9.99. The minimum Gasteiger partial charge on any atom is -0.481 e. The summed E-state index contributed by atoms with van der Waals surface area (Å²) in [4.78, 5) is 37.4. The van der Waals surface area contributed by atoms with E-state index < -0.39 is 12.1 Å². The highest BCUT2D eigenvalue weighted by molar-refractivity contribution is 6.09. The molecule has 174 valence electrons. The Hall–Kier alpha value is -3.25. The Morgan fingerprint density at radius 1 is 1.00 bits per heavy atom. The van der Waals surface area contributed by atoms with E-state index in [9.17, 15) is 19.5 Å². The summed E-state index contributed by atoms with van der Waals surface area (Å²) < 4.78 is 0. The first-order valence-electron chi connectivity index (χ1n) is 11.5. The first-order valence-corrected chi connectivity index (χ1v) is 11.5. The van der Waals surface area contributed by atoms with Gasteiger partial charge in [0.1, 0.15) is 0 Å². The largest absolute Gasteiger partial charge is 0.481 e. The maximum absolute atomic E-state index is 12.7. The highest BCUT2D eigenvalue weighted by Gasteiger charge is 2.28. The molecule has 6 nitrogen and oxygen atoms in total. The first kappa shape index (κ1) is 24.4. The molecule has 2 atom stereocenters. The van der Waals surface area contributed by atoms with Gasteiger partial charge in [-0.2, -0.15) is 0 Å². The van der Waals surface area contributed by atoms with Gasteiger partial charge in [-0.15, -0.1) is 0 Å². The standard InChI is InChI=1S/C27H31NO5/c29-24(21-11-8-12-22(19-21)27(33)20-9-4-3-5-10-20)16-14-23-15-17-25(30)28(23)18-7-2-1-6-13-26(31)32/h3-5,8-12,14,16,19,23-24,29H,1-2,6-7,13,15,17-18H2,(H,31,32)/t23?,24-/m1/s1. The topological polar surface area (TPSA) is 94.9 Å². The maximum atomic E-state index is 12.7. The van der Waals surface area contributed by atoms with Gasteiger partial charge in [0, 0.05) is 30.5 Å². The third kappa shape index (κ3) is 7.12. The molecule has 6 heteroatoms. The molecule has 2 aromatic carbocycles. The second kappa shape index (κ2) is 12.1. The lowest BCUT2D eigenvalue weighted by Gasteiger charge is -2.22. The molecule has 1 fully saturated rings. The fourth-order valence-electron chi connectivity index (χ4n) is 4.12. The molecular formula is C27H31NO5. The van der Waals surface area contributed by atoms with Crippen LogP contribution in [0.2, 0.25) is 0 Å². The molecule has 0 aromatic heterocycles. The Labute approximate surface area is 194 Å². The molecule has 33 heavy (non-hydrogen) atoms. The fourth-order valence-corrected chi connectivity index (χ4v) is 4.12. The number of likely N-dealkylation sites (tertiary alicyclic amines) is 1. The maximum Gasteiger partial charge on any atom is 0.303 e. The molecule has 0 radical (unpaired) electrons. The van der Waals surface area contributed by atoms with Crippen LogP contribution in [0, 0.1) is 0 Å². The van der Waals surface area contributed by atoms with Crippen LogP contribution in [0.3, 0.4) is 0 Å². The summed E-state index contributed by atoms with van der Waals surface area (Å²) in [5, 5.41) is 19.4. The molecule has 1 aliphatic rings. The molecular weight excluding hydrogens is 418 g/mol. The molecule has 1 amide bonds. The predicted molar refractivity (Wildman–Crippen MR) is 126 cm³/mol. The molecule has 1 saturated heterocycles. The number of aliphatic hydroxyl groups excluding tert-OH is 1. The molecule has 1 unspecified atom stereocenters. The third-order valence-corrected chi connectivity index (χ3v) is 5.96. The Balaban J connectivity index is 1.56. The third-order valence-electron chi connectivity index (χ3n) is 5.96. The number of unbranched alkanes of at least 4 members (excludes halogenated alkanes) is 3. The van der Waals surface area contributed by atoms with Crippen molar-refractivity contribution < 1.29 is 24.6 Å². The number of hydrogen-bond donors (Lipinski definition) is 2. The average Bonchev–Trinajstić information content (AvgIpc) is 3.18. The number of aliphatic hydroxyl groups is 1. The SMILES string of the molecule is O=C(O)CCCCCCN1C(=O)CCC1C=C[C@@H](O)c1cccc(C(=O)c2ccccc2)c1. The average molecular weight is 450 g/mol. The van der Waals surface area contributed by atoms with E-state index in [1.54, 1.807) is 42.5 Å². The zero-order valence-electron chi connectivity index (χ0n) is 18.7. The molecule has 0 saturated carbocycles. The van der Waals surface area contributed by atoms with E-state index in [0.29, 0.717) is 42.5 Å². The van der Waals surface area contributed by atoms with Crippen molar-refractivity contribution in [1.82, 2.24) is 4.90 Å². The predicted octanol–water partition coefficient (Wildman–Crippen LogP) is 4.53. The number of nitrogens with zero attached hydrogens (tertiary/aromatic N) is 1. The van der Waals surface area contributed by atoms with Crippen molar-refractivity contribution >= 4 is 17.7 Å². The van der Waals surface area contributed by atoms with E-state index >= 15 is 0 Å². The Kier molecular flexibility index (Phi) is 8.95. The summed E-state index contributed by atoms with van der Waals surface area (Å²) in [5.74, 6) is -0.756. The van der Waals surface area contributed by atoms with Gasteiger partial charge in [0.05, 0.1) is 12.1 Å². The van der Waals surface area contributed by atoms with Crippen molar-refractivity contribution in [2.75, 3.05) is 6.54 Å². The summed E-state index contributed by atoms with van der Waals surface area (Å²) in [6, 6.07) is 16.0. The van der Waals surface area contributed by atoms with E-state index in [1.165, 1.54) is 0 Å². The normalized spacial score (nSPS) is 16.9. The van der Waals surface area contributed by atoms with Gasteiger partial charge >= 0.3 is 5.97 Å². The number of carbonyl (C=O) groups excluding carboxylic acids is 2. The minimum atomic E-state index is -0.873. The van der Waals surface area contributed by atoms with Crippen molar-refractivity contribution in [3.05, 3.63) is 83.4 Å². The lowest BCUT2D eigenvalue weighted by Crippen LogP contribution is -2.32. The van der Waals surface area contributed by atoms with E-state index in [-0.39, 0.29) is 24.2 Å². The van der Waals surface area contributed by atoms with Crippen LogP contribution in [-0.2, 0) is 9.59 Å². The van der Waals surface area contributed by atoms with Crippen molar-refractivity contribution in [3.63, 3.8) is 0 Å². The smallest absolute Gasteiger partial charge is 0.303 e. The van der Waals surface area contributed by atoms with E-state index in [4.69, 9.17) is 5.11 Å². The summed E-state index contributed by atoms with van der Waals surface area (Å²) >= 11 is 0. The lowest BCUT2D eigenvalue weighted by molar-refractivity contribution is -0.137. The second-order valence-corrected chi connectivity index (χ2v) is 8.40. The van der Waals surface area contributed by atoms with E-state index in [0.717, 1.165) is 19.3 Å². The number of hydrogen-bond acceptors (Lipinski definition) is 4. The van der Waals surface area contributed by atoms with E-state index in [1.807, 2.05) is 29.2 Å². The zero-order valence-corrected chi connectivity index (χ0v) is 18.7. The van der Waals surface area contributed by atoms with Gasteiger partial charge in [0.2, 0.25) is 5.91 Å². The van der Waals surface area contributed by atoms with Gasteiger partial charge in [0.25, 0.3) is 0 Å². The van der Waals surface area contributed by atoms with Crippen LogP contribution < -0.4 is 0 Å². The number of amides is 1. The molecule has 0 spiro atoms. The molecule has 0 bridgehead atoms. The first-order chi connectivity index (χ1) is 16.0. The van der Waals surface area contributed by atoms with Crippen LogP contribution in [0.15, 0.2) is 66.7 Å². The summed E-state index contributed by atoms with van der Waals surface area (Å²) in [7, 11) is 0. The van der Waals surface area contributed by atoms with Crippen LogP contribution in [0.1, 0.15) is 72.5 Å². The molecule has 0 aliphatic carbocycles. The van der Waals surface area contributed by atoms with Gasteiger partial charge in [-0.1, -0.05) is 73.5 Å². The highest BCUT2D eigenvalue weighted by Crippen LogP contribution is 2.23. The summed E-state index contributed by atoms with van der Waals surface area (Å²) in [5.41, 5.74) is 1.75.